The van der Waals surface area contributed by atoms with Crippen molar-refractivity contribution in [2.24, 2.45) is 0 Å². The molecule has 0 atom stereocenters. The summed E-state index contributed by atoms with van der Waals surface area (Å²) in [6.07, 6.45) is 1.60. The fraction of sp³-hybridized carbons (Fsp3) is 0.235. The first-order chi connectivity index (χ1) is 10.6. The topological polar surface area (TPSA) is 58.6 Å². The minimum atomic E-state index is -0.161. The van der Waals surface area contributed by atoms with Crippen LogP contribution in [-0.2, 0) is 11.2 Å². The summed E-state index contributed by atoms with van der Waals surface area (Å²) < 4.78 is 5.35. The van der Waals surface area contributed by atoms with Crippen molar-refractivity contribution >= 4 is 17.5 Å². The van der Waals surface area contributed by atoms with E-state index in [0.29, 0.717) is 17.3 Å². The Labute approximate surface area is 134 Å². The molecule has 2 aromatic rings. The second kappa shape index (κ2) is 8.29. The molecule has 22 heavy (non-hydrogen) atoms. The molecule has 116 valence electrons. The van der Waals surface area contributed by atoms with Gasteiger partial charge in [0.2, 0.25) is 0 Å². The number of carbonyl (C=O) groups excluding carboxylic acids is 1. The summed E-state index contributed by atoms with van der Waals surface area (Å²) in [6, 6.07) is 14.0. The lowest BCUT2D eigenvalue weighted by Crippen LogP contribution is -2.29. The van der Waals surface area contributed by atoms with Crippen molar-refractivity contribution in [2.45, 2.75) is 12.8 Å². The van der Waals surface area contributed by atoms with E-state index in [1.165, 1.54) is 0 Å². The van der Waals surface area contributed by atoms with E-state index in [-0.39, 0.29) is 18.3 Å². The van der Waals surface area contributed by atoms with Gasteiger partial charge in [0.15, 0.2) is 6.61 Å². The third-order valence-electron chi connectivity index (χ3n) is 3.06. The standard InChI is InChI=1S/C17H18ClNO3/c18-14-6-8-16(9-7-14)22-12-17(21)19-10-2-4-13-3-1-5-15(20)11-13/h1,3,5-9,11,20H,2,4,10,12H2,(H,19,21). The Kier molecular flexibility index (Phi) is 6.10. The van der Waals surface area contributed by atoms with E-state index in [1.807, 2.05) is 12.1 Å². The lowest BCUT2D eigenvalue weighted by Gasteiger charge is -2.07. The minimum Gasteiger partial charge on any atom is -0.508 e. The number of halogens is 1. The first kappa shape index (κ1) is 16.2. The molecule has 0 aromatic heterocycles. The molecule has 0 aliphatic rings. The van der Waals surface area contributed by atoms with Gasteiger partial charge in [-0.3, -0.25) is 4.79 Å². The number of benzene rings is 2. The van der Waals surface area contributed by atoms with E-state index in [2.05, 4.69) is 5.32 Å². The van der Waals surface area contributed by atoms with Crippen molar-refractivity contribution in [1.29, 1.82) is 0 Å². The maximum atomic E-state index is 11.6. The highest BCUT2D eigenvalue weighted by molar-refractivity contribution is 6.30. The number of rotatable bonds is 7. The van der Waals surface area contributed by atoms with Crippen LogP contribution in [0.15, 0.2) is 48.5 Å². The lowest BCUT2D eigenvalue weighted by molar-refractivity contribution is -0.123. The van der Waals surface area contributed by atoms with Crippen LogP contribution in [0.3, 0.4) is 0 Å². The monoisotopic (exact) mass is 319 g/mol. The molecule has 4 nitrogen and oxygen atoms in total. The molecule has 0 spiro atoms. The van der Waals surface area contributed by atoms with Gasteiger partial charge in [0.1, 0.15) is 11.5 Å². The number of amides is 1. The lowest BCUT2D eigenvalue weighted by atomic mass is 10.1. The number of nitrogens with one attached hydrogen (secondary N) is 1. The van der Waals surface area contributed by atoms with Crippen LogP contribution in [0.25, 0.3) is 0 Å². The molecule has 0 fully saturated rings. The zero-order valence-corrected chi connectivity index (χ0v) is 12.8. The molecule has 2 N–H and O–H groups in total. The van der Waals surface area contributed by atoms with E-state index in [4.69, 9.17) is 16.3 Å². The van der Waals surface area contributed by atoms with Crippen molar-refractivity contribution in [1.82, 2.24) is 5.32 Å². The second-order valence-electron chi connectivity index (χ2n) is 4.87. The summed E-state index contributed by atoms with van der Waals surface area (Å²) in [7, 11) is 0. The van der Waals surface area contributed by atoms with Crippen molar-refractivity contribution in [3.63, 3.8) is 0 Å². The summed E-state index contributed by atoms with van der Waals surface area (Å²) in [5, 5.41) is 12.8. The largest absolute Gasteiger partial charge is 0.508 e. The van der Waals surface area contributed by atoms with Gasteiger partial charge < -0.3 is 15.2 Å². The van der Waals surface area contributed by atoms with Crippen molar-refractivity contribution < 1.29 is 14.6 Å². The highest BCUT2D eigenvalue weighted by atomic mass is 35.5. The zero-order valence-electron chi connectivity index (χ0n) is 12.1. The Morgan fingerprint density at radius 1 is 1.18 bits per heavy atom. The second-order valence-corrected chi connectivity index (χ2v) is 5.30. The number of phenols is 1. The average molecular weight is 320 g/mol. The van der Waals surface area contributed by atoms with Gasteiger partial charge in [-0.2, -0.15) is 0 Å². The highest BCUT2D eigenvalue weighted by Crippen LogP contribution is 2.15. The molecule has 5 heteroatoms. The Bertz CT molecular complexity index is 614. The average Bonchev–Trinajstić information content (AvgIpc) is 2.51. The van der Waals surface area contributed by atoms with Crippen LogP contribution < -0.4 is 10.1 Å². The maximum Gasteiger partial charge on any atom is 0.257 e. The van der Waals surface area contributed by atoms with E-state index in [0.717, 1.165) is 18.4 Å². The van der Waals surface area contributed by atoms with Crippen LogP contribution in [0.2, 0.25) is 5.02 Å². The third kappa shape index (κ3) is 5.66. The number of hydrogen-bond acceptors (Lipinski definition) is 3. The zero-order chi connectivity index (χ0) is 15.8. The third-order valence-corrected chi connectivity index (χ3v) is 3.31. The van der Waals surface area contributed by atoms with Crippen LogP contribution in [-0.4, -0.2) is 24.2 Å². The van der Waals surface area contributed by atoms with Crippen molar-refractivity contribution in [3.8, 4) is 11.5 Å². The van der Waals surface area contributed by atoms with Gasteiger partial charge in [-0.05, 0) is 54.8 Å². The number of carbonyl (C=O) groups is 1. The van der Waals surface area contributed by atoms with Gasteiger partial charge in [0, 0.05) is 11.6 Å². The van der Waals surface area contributed by atoms with Gasteiger partial charge in [-0.15, -0.1) is 0 Å². The molecule has 1 amide bonds. The fourth-order valence-corrected chi connectivity index (χ4v) is 2.09. The summed E-state index contributed by atoms with van der Waals surface area (Å²) in [5.41, 5.74) is 1.05. The number of aryl methyl sites for hydroxylation is 1. The van der Waals surface area contributed by atoms with Crippen molar-refractivity contribution in [2.75, 3.05) is 13.2 Å². The Morgan fingerprint density at radius 2 is 1.95 bits per heavy atom. The van der Waals surface area contributed by atoms with Crippen molar-refractivity contribution in [3.05, 3.63) is 59.1 Å². The van der Waals surface area contributed by atoms with Crippen LogP contribution in [0.5, 0.6) is 11.5 Å². The number of phenolic OH excluding ortho intramolecular Hbond substituents is 1. The molecule has 0 aliphatic carbocycles. The first-order valence-corrected chi connectivity index (χ1v) is 7.44. The van der Waals surface area contributed by atoms with Crippen LogP contribution in [0.1, 0.15) is 12.0 Å². The summed E-state index contributed by atoms with van der Waals surface area (Å²) in [4.78, 5) is 11.6. The molecule has 2 aromatic carbocycles. The molecule has 0 bridgehead atoms. The van der Waals surface area contributed by atoms with E-state index in [1.54, 1.807) is 36.4 Å². The van der Waals surface area contributed by atoms with E-state index < -0.39 is 0 Å². The molecule has 0 heterocycles. The summed E-state index contributed by atoms with van der Waals surface area (Å²) in [5.74, 6) is 0.711. The van der Waals surface area contributed by atoms with Gasteiger partial charge in [0.05, 0.1) is 0 Å². The van der Waals surface area contributed by atoms with Gasteiger partial charge in [-0.1, -0.05) is 23.7 Å². The molecule has 0 radical (unpaired) electrons. The van der Waals surface area contributed by atoms with Crippen LogP contribution in [0, 0.1) is 0 Å². The first-order valence-electron chi connectivity index (χ1n) is 7.06. The Balaban J connectivity index is 1.62. The quantitative estimate of drug-likeness (QED) is 0.771. The molecular formula is C17H18ClNO3. The molecular weight excluding hydrogens is 302 g/mol. The Hall–Kier alpha value is -2.20. The van der Waals surface area contributed by atoms with E-state index in [9.17, 15) is 9.90 Å². The molecule has 0 saturated heterocycles. The molecule has 2 rings (SSSR count). The smallest absolute Gasteiger partial charge is 0.257 e. The van der Waals surface area contributed by atoms with Gasteiger partial charge in [-0.25, -0.2) is 0 Å². The van der Waals surface area contributed by atoms with Crippen LogP contribution >= 0.6 is 11.6 Å². The predicted molar refractivity (Wildman–Crippen MR) is 86.4 cm³/mol. The normalized spacial score (nSPS) is 10.2. The highest BCUT2D eigenvalue weighted by Gasteiger charge is 2.02. The molecule has 0 saturated carbocycles. The SMILES string of the molecule is O=C(COc1ccc(Cl)cc1)NCCCc1cccc(O)c1. The summed E-state index contributed by atoms with van der Waals surface area (Å²) in [6.45, 7) is 0.548. The predicted octanol–water partition coefficient (Wildman–Crippen LogP) is 3.17. The molecule has 0 aliphatic heterocycles. The van der Waals surface area contributed by atoms with Gasteiger partial charge in [0.25, 0.3) is 5.91 Å². The number of aromatic hydroxyl groups is 1. The number of hydrogen-bond donors (Lipinski definition) is 2. The summed E-state index contributed by atoms with van der Waals surface area (Å²) >= 11 is 5.77. The minimum absolute atomic E-state index is 0.0201. The Morgan fingerprint density at radius 3 is 2.68 bits per heavy atom. The number of ether oxygens (including phenoxy) is 1. The van der Waals surface area contributed by atoms with E-state index >= 15 is 0 Å². The fourth-order valence-electron chi connectivity index (χ4n) is 1.96. The maximum absolute atomic E-state index is 11.6. The van der Waals surface area contributed by atoms with Gasteiger partial charge >= 0.3 is 0 Å². The molecule has 0 unspecified atom stereocenters. The van der Waals surface area contributed by atoms with Crippen LogP contribution in [0.4, 0.5) is 0 Å².